The Morgan fingerprint density at radius 3 is 2.88 bits per heavy atom. The highest BCUT2D eigenvalue weighted by molar-refractivity contribution is 5.45. The Balaban J connectivity index is 2.17. The van der Waals surface area contributed by atoms with Gasteiger partial charge in [0.1, 0.15) is 5.75 Å². The molecule has 1 aromatic heterocycles. The number of hydrogen-bond acceptors (Lipinski definition) is 3. The topological polar surface area (TPSA) is 60.9 Å². The molecule has 1 heterocycles. The van der Waals surface area contributed by atoms with Crippen molar-refractivity contribution in [3.8, 4) is 5.75 Å². The molecule has 0 bridgehead atoms. The van der Waals surface area contributed by atoms with Crippen LogP contribution in [0.15, 0.2) is 30.6 Å². The summed E-state index contributed by atoms with van der Waals surface area (Å²) in [5.41, 5.74) is 2.84. The number of aromatic hydroxyl groups is 1. The van der Waals surface area contributed by atoms with Gasteiger partial charge in [-0.25, -0.2) is 0 Å². The molecule has 2 rings (SSSR count). The van der Waals surface area contributed by atoms with Gasteiger partial charge in [0.2, 0.25) is 0 Å². The number of aromatic nitrogens is 2. The quantitative estimate of drug-likeness (QED) is 0.740. The lowest BCUT2D eigenvalue weighted by Crippen LogP contribution is -2.06. The molecule has 1 unspecified atom stereocenters. The molecule has 4 heteroatoms. The zero-order valence-corrected chi connectivity index (χ0v) is 9.36. The molecule has 0 aliphatic heterocycles. The van der Waals surface area contributed by atoms with Crippen LogP contribution in [0, 0.1) is 6.92 Å². The molecule has 0 saturated heterocycles. The summed E-state index contributed by atoms with van der Waals surface area (Å²) in [5.74, 6) is 0.323. The Labute approximate surface area is 94.3 Å². The number of aryl methyl sites for hydroxylation is 1. The van der Waals surface area contributed by atoms with Gasteiger partial charge in [0.05, 0.1) is 17.9 Å². The van der Waals surface area contributed by atoms with Crippen molar-refractivity contribution in [1.82, 2.24) is 10.2 Å². The van der Waals surface area contributed by atoms with E-state index in [0.29, 0.717) is 5.75 Å². The number of nitrogens with one attached hydrogen (secondary N) is 2. The maximum absolute atomic E-state index is 9.83. The number of rotatable bonds is 3. The van der Waals surface area contributed by atoms with Gasteiger partial charge in [0.15, 0.2) is 0 Å². The third-order valence-corrected chi connectivity index (χ3v) is 2.53. The Morgan fingerprint density at radius 2 is 2.25 bits per heavy atom. The van der Waals surface area contributed by atoms with Crippen LogP contribution in [0.5, 0.6) is 5.75 Å². The van der Waals surface area contributed by atoms with Crippen molar-refractivity contribution < 1.29 is 5.11 Å². The van der Waals surface area contributed by atoms with Gasteiger partial charge < -0.3 is 10.4 Å². The van der Waals surface area contributed by atoms with Gasteiger partial charge in [-0.3, -0.25) is 5.10 Å². The largest absolute Gasteiger partial charge is 0.508 e. The van der Waals surface area contributed by atoms with E-state index in [2.05, 4.69) is 15.5 Å². The summed E-state index contributed by atoms with van der Waals surface area (Å²) < 4.78 is 0. The van der Waals surface area contributed by atoms with E-state index >= 15 is 0 Å². The zero-order valence-electron chi connectivity index (χ0n) is 9.36. The second-order valence-corrected chi connectivity index (χ2v) is 3.92. The van der Waals surface area contributed by atoms with Crippen LogP contribution in [-0.4, -0.2) is 15.3 Å². The van der Waals surface area contributed by atoms with Crippen LogP contribution < -0.4 is 5.32 Å². The van der Waals surface area contributed by atoms with Gasteiger partial charge in [-0.2, -0.15) is 5.10 Å². The normalized spacial score (nSPS) is 12.4. The van der Waals surface area contributed by atoms with Crippen molar-refractivity contribution in [2.75, 3.05) is 5.32 Å². The zero-order chi connectivity index (χ0) is 11.5. The monoisotopic (exact) mass is 217 g/mol. The van der Waals surface area contributed by atoms with E-state index in [4.69, 9.17) is 0 Å². The van der Waals surface area contributed by atoms with E-state index in [-0.39, 0.29) is 6.04 Å². The standard InChI is InChI=1S/C12H15N3O/c1-8-3-4-11(12(16)5-8)9(2)15-10-6-13-14-7-10/h3-7,9,15-16H,1-2H3,(H,13,14). The molecule has 16 heavy (non-hydrogen) atoms. The fraction of sp³-hybridized carbons (Fsp3) is 0.250. The summed E-state index contributed by atoms with van der Waals surface area (Å²) in [5, 5.41) is 19.7. The molecule has 2 aromatic rings. The third kappa shape index (κ3) is 2.16. The smallest absolute Gasteiger partial charge is 0.121 e. The van der Waals surface area contributed by atoms with E-state index in [1.165, 1.54) is 0 Å². The predicted molar refractivity (Wildman–Crippen MR) is 63.5 cm³/mol. The van der Waals surface area contributed by atoms with E-state index < -0.39 is 0 Å². The fourth-order valence-corrected chi connectivity index (χ4v) is 1.68. The Bertz CT molecular complexity index is 465. The van der Waals surface area contributed by atoms with E-state index in [0.717, 1.165) is 16.8 Å². The first-order valence-electron chi connectivity index (χ1n) is 5.21. The minimum Gasteiger partial charge on any atom is -0.508 e. The lowest BCUT2D eigenvalue weighted by molar-refractivity contribution is 0.465. The summed E-state index contributed by atoms with van der Waals surface area (Å²) in [6, 6.07) is 5.73. The van der Waals surface area contributed by atoms with Crippen molar-refractivity contribution in [3.63, 3.8) is 0 Å². The molecule has 0 aliphatic carbocycles. The number of phenols is 1. The van der Waals surface area contributed by atoms with E-state index in [1.54, 1.807) is 18.5 Å². The number of hydrogen-bond donors (Lipinski definition) is 3. The van der Waals surface area contributed by atoms with Gasteiger partial charge >= 0.3 is 0 Å². The second kappa shape index (κ2) is 4.26. The van der Waals surface area contributed by atoms with Crippen molar-refractivity contribution in [2.45, 2.75) is 19.9 Å². The van der Waals surface area contributed by atoms with Gasteiger partial charge in [-0.15, -0.1) is 0 Å². The SMILES string of the molecule is Cc1ccc(C(C)Nc2cn[nH]c2)c(O)c1. The van der Waals surface area contributed by atoms with Crippen LogP contribution in [0.4, 0.5) is 5.69 Å². The molecular weight excluding hydrogens is 202 g/mol. The van der Waals surface area contributed by atoms with Crippen LogP contribution in [-0.2, 0) is 0 Å². The highest BCUT2D eigenvalue weighted by Gasteiger charge is 2.10. The molecule has 0 amide bonds. The molecule has 0 aliphatic rings. The van der Waals surface area contributed by atoms with E-state index in [1.807, 2.05) is 26.0 Å². The predicted octanol–water partition coefficient (Wildman–Crippen LogP) is 2.60. The second-order valence-electron chi connectivity index (χ2n) is 3.92. The van der Waals surface area contributed by atoms with Crippen molar-refractivity contribution in [3.05, 3.63) is 41.7 Å². The minimum absolute atomic E-state index is 0.0400. The van der Waals surface area contributed by atoms with Crippen LogP contribution in [0.3, 0.4) is 0 Å². The number of anilines is 1. The van der Waals surface area contributed by atoms with Gasteiger partial charge in [0, 0.05) is 11.8 Å². The first-order valence-corrected chi connectivity index (χ1v) is 5.21. The van der Waals surface area contributed by atoms with Crippen LogP contribution in [0.1, 0.15) is 24.1 Å². The molecule has 0 saturated carbocycles. The molecule has 1 aromatic carbocycles. The highest BCUT2D eigenvalue weighted by Crippen LogP contribution is 2.27. The number of nitrogens with zero attached hydrogens (tertiary/aromatic N) is 1. The van der Waals surface area contributed by atoms with Crippen molar-refractivity contribution >= 4 is 5.69 Å². The lowest BCUT2D eigenvalue weighted by atomic mass is 10.1. The van der Waals surface area contributed by atoms with Crippen LogP contribution in [0.2, 0.25) is 0 Å². The number of benzene rings is 1. The first kappa shape index (κ1) is 10.5. The Hall–Kier alpha value is -1.97. The molecule has 4 nitrogen and oxygen atoms in total. The van der Waals surface area contributed by atoms with Crippen molar-refractivity contribution in [2.24, 2.45) is 0 Å². The molecule has 84 valence electrons. The highest BCUT2D eigenvalue weighted by atomic mass is 16.3. The lowest BCUT2D eigenvalue weighted by Gasteiger charge is -2.15. The summed E-state index contributed by atoms with van der Waals surface area (Å²) in [6.07, 6.45) is 3.49. The van der Waals surface area contributed by atoms with Gasteiger partial charge in [-0.05, 0) is 25.5 Å². The third-order valence-electron chi connectivity index (χ3n) is 2.53. The van der Waals surface area contributed by atoms with Gasteiger partial charge in [-0.1, -0.05) is 12.1 Å². The molecule has 0 fully saturated rings. The Morgan fingerprint density at radius 1 is 1.44 bits per heavy atom. The van der Waals surface area contributed by atoms with Gasteiger partial charge in [0.25, 0.3) is 0 Å². The fourth-order valence-electron chi connectivity index (χ4n) is 1.68. The molecule has 3 N–H and O–H groups in total. The molecular formula is C12H15N3O. The number of H-pyrrole nitrogens is 1. The maximum atomic E-state index is 9.83. The van der Waals surface area contributed by atoms with Crippen molar-refractivity contribution in [1.29, 1.82) is 0 Å². The molecule has 0 spiro atoms. The summed E-state index contributed by atoms with van der Waals surface area (Å²) in [4.78, 5) is 0. The summed E-state index contributed by atoms with van der Waals surface area (Å²) >= 11 is 0. The van der Waals surface area contributed by atoms with Crippen LogP contribution in [0.25, 0.3) is 0 Å². The average Bonchev–Trinajstić information content (AvgIpc) is 2.70. The summed E-state index contributed by atoms with van der Waals surface area (Å²) in [7, 11) is 0. The average molecular weight is 217 g/mol. The minimum atomic E-state index is 0.0400. The number of phenolic OH excluding ortho intramolecular Hbond substituents is 1. The molecule has 1 atom stereocenters. The van der Waals surface area contributed by atoms with E-state index in [9.17, 15) is 5.11 Å². The van der Waals surface area contributed by atoms with Crippen LogP contribution >= 0.6 is 0 Å². The molecule has 0 radical (unpaired) electrons. The number of aromatic amines is 1. The Kier molecular flexibility index (Phi) is 2.81. The summed E-state index contributed by atoms with van der Waals surface area (Å²) in [6.45, 7) is 3.95. The maximum Gasteiger partial charge on any atom is 0.121 e. The first-order chi connectivity index (χ1) is 7.66.